The molecule has 0 bridgehead atoms. The van der Waals surface area contributed by atoms with Gasteiger partial charge in [0.25, 0.3) is 0 Å². The summed E-state index contributed by atoms with van der Waals surface area (Å²) in [7, 11) is 14.9. The number of hydrogen-bond acceptors (Lipinski definition) is 1. The molecule has 5 heteroatoms. The van der Waals surface area contributed by atoms with Crippen LogP contribution in [0, 0.1) is 0 Å². The molecule has 0 aromatic rings. The van der Waals surface area contributed by atoms with Crippen LogP contribution in [0.4, 0.5) is 0 Å². The predicted molar refractivity (Wildman–Crippen MR) is 37.3 cm³/mol. The van der Waals surface area contributed by atoms with Crippen molar-refractivity contribution >= 4 is 27.9 Å². The van der Waals surface area contributed by atoms with E-state index in [1.54, 1.807) is 0 Å². The fraction of sp³-hybridized carbons (Fsp3) is 1.00. The van der Waals surface area contributed by atoms with Crippen LogP contribution in [0.1, 0.15) is 19.8 Å². The zero-order chi connectivity index (χ0) is 7.70. The molecule has 0 saturated heterocycles. The maximum atomic E-state index is 9.53. The molecule has 0 aliphatic heterocycles. The molecule has 9 heavy (non-hydrogen) atoms. The average Bonchev–Trinajstić information content (AvgIpc) is 1.66. The van der Waals surface area contributed by atoms with E-state index >= 15 is 0 Å². The minimum atomic E-state index is -1.92. The van der Waals surface area contributed by atoms with Gasteiger partial charge in [0, 0.05) is 0 Å². The standard InChI is InChI=1S/C4H9O.3ClH.Ti/c1-2-3-4-5;;;;/h2-4H2,1H3;3*1H;/q-1;;;;+4/p-3. The van der Waals surface area contributed by atoms with Crippen LogP contribution in [0.5, 0.6) is 0 Å². The van der Waals surface area contributed by atoms with E-state index in [0.717, 1.165) is 12.8 Å². The average molecular weight is 227 g/mol. The molecule has 0 aliphatic carbocycles. The summed E-state index contributed by atoms with van der Waals surface area (Å²) in [5, 5.41) is 9.53. The fourth-order valence-electron chi connectivity index (χ4n) is 0.144. The third kappa shape index (κ3) is 43.2. The first-order chi connectivity index (χ1) is 4.15. The number of rotatable bonds is 2. The van der Waals surface area contributed by atoms with Gasteiger partial charge in [0.05, 0.1) is 0 Å². The van der Waals surface area contributed by atoms with Crippen LogP contribution in [0.2, 0.25) is 0 Å². The van der Waals surface area contributed by atoms with Gasteiger partial charge in [-0.1, -0.05) is 19.8 Å². The maximum absolute atomic E-state index is 9.53. The molecule has 0 saturated carbocycles. The first kappa shape index (κ1) is 13.2. The van der Waals surface area contributed by atoms with E-state index in [4.69, 9.17) is 27.9 Å². The number of unbranched alkanes of at least 4 members (excludes halogenated alkanes) is 1. The zero-order valence-corrected chi connectivity index (χ0v) is 8.99. The van der Waals surface area contributed by atoms with Crippen LogP contribution >= 0.6 is 27.9 Å². The molecule has 0 heterocycles. The Morgan fingerprint density at radius 1 is 1.33 bits per heavy atom. The summed E-state index contributed by atoms with van der Waals surface area (Å²) in [6, 6.07) is 0. The van der Waals surface area contributed by atoms with Crippen molar-refractivity contribution in [3.63, 3.8) is 0 Å². The van der Waals surface area contributed by atoms with Crippen molar-refractivity contribution in [2.24, 2.45) is 0 Å². The molecule has 1 nitrogen and oxygen atoms in total. The van der Waals surface area contributed by atoms with Crippen molar-refractivity contribution in [2.45, 2.75) is 19.8 Å². The van der Waals surface area contributed by atoms with Crippen LogP contribution in [0.3, 0.4) is 0 Å². The molecular weight excluding hydrogens is 218 g/mol. The van der Waals surface area contributed by atoms with Gasteiger partial charge in [0.2, 0.25) is 0 Å². The van der Waals surface area contributed by atoms with E-state index in [2.05, 4.69) is 0 Å². The Kier molecular flexibility index (Phi) is 17.9. The van der Waals surface area contributed by atoms with E-state index in [0.29, 0.717) is 0 Å². The third-order valence-corrected chi connectivity index (χ3v) is 0.498. The Labute approximate surface area is 73.8 Å². The van der Waals surface area contributed by atoms with Gasteiger partial charge in [-0.05, 0) is 0 Å². The summed E-state index contributed by atoms with van der Waals surface area (Å²) < 4.78 is 0. The molecule has 0 atom stereocenters. The van der Waals surface area contributed by atoms with Gasteiger partial charge in [0.1, 0.15) is 0 Å². The summed E-state index contributed by atoms with van der Waals surface area (Å²) in [5.74, 6) is 0. The monoisotopic (exact) mass is 226 g/mol. The Hall–Kier alpha value is 1.54. The summed E-state index contributed by atoms with van der Waals surface area (Å²) in [5.41, 5.74) is 0. The fourth-order valence-corrected chi connectivity index (χ4v) is 0.144. The normalized spacial score (nSPS) is 7.67. The van der Waals surface area contributed by atoms with E-state index in [1.807, 2.05) is 6.92 Å². The first-order valence-electron chi connectivity index (χ1n) is 2.56. The van der Waals surface area contributed by atoms with Crippen LogP contribution in [-0.4, -0.2) is 6.61 Å². The van der Waals surface area contributed by atoms with Gasteiger partial charge < -0.3 is 5.11 Å². The van der Waals surface area contributed by atoms with Gasteiger partial charge >= 0.3 is 42.6 Å². The molecule has 0 aromatic heterocycles. The summed E-state index contributed by atoms with van der Waals surface area (Å²) >= 11 is -1.92. The first-order valence-corrected chi connectivity index (χ1v) is 9.01. The van der Waals surface area contributed by atoms with E-state index in [1.165, 1.54) is 0 Å². The minimum absolute atomic E-state index is 0.0938. The zero-order valence-electron chi connectivity index (χ0n) is 5.16. The molecule has 0 aliphatic rings. The molecule has 0 rings (SSSR count). The third-order valence-electron chi connectivity index (χ3n) is 0.498. The molecule has 0 spiro atoms. The summed E-state index contributed by atoms with van der Waals surface area (Å²) in [6.45, 7) is 2.11. The van der Waals surface area contributed by atoms with Crippen LogP contribution in [-0.2, 0) is 14.7 Å². The van der Waals surface area contributed by atoms with E-state index in [9.17, 15) is 5.11 Å². The second-order valence-corrected chi connectivity index (χ2v) is 9.01. The molecule has 0 unspecified atom stereocenters. The molecule has 0 fully saturated rings. The van der Waals surface area contributed by atoms with E-state index < -0.39 is 14.7 Å². The quantitative estimate of drug-likeness (QED) is 0.663. The Morgan fingerprint density at radius 2 is 1.67 bits per heavy atom. The molecule has 0 radical (unpaired) electrons. The van der Waals surface area contributed by atoms with Gasteiger partial charge in [0.15, 0.2) is 0 Å². The molecular formula is C4H9Cl3OTi. The van der Waals surface area contributed by atoms with Crippen molar-refractivity contribution in [3.05, 3.63) is 0 Å². The van der Waals surface area contributed by atoms with E-state index in [-0.39, 0.29) is 6.61 Å². The van der Waals surface area contributed by atoms with Crippen molar-refractivity contribution in [3.8, 4) is 0 Å². The Balaban J connectivity index is 0. The van der Waals surface area contributed by atoms with Crippen molar-refractivity contribution in [1.82, 2.24) is 0 Å². The molecule has 0 aromatic carbocycles. The Bertz CT molecular complexity index is 40.0. The van der Waals surface area contributed by atoms with Gasteiger partial charge in [-0.3, -0.25) is 0 Å². The van der Waals surface area contributed by atoms with Gasteiger partial charge in [-0.15, -0.1) is 6.61 Å². The topological polar surface area (TPSA) is 23.1 Å². The van der Waals surface area contributed by atoms with Gasteiger partial charge in [-0.25, -0.2) is 0 Å². The summed E-state index contributed by atoms with van der Waals surface area (Å²) in [6.07, 6.45) is 1.86. The van der Waals surface area contributed by atoms with Crippen LogP contribution in [0.15, 0.2) is 0 Å². The second-order valence-electron chi connectivity index (χ2n) is 1.27. The van der Waals surface area contributed by atoms with Crippen LogP contribution < -0.4 is 5.11 Å². The van der Waals surface area contributed by atoms with Crippen molar-refractivity contribution in [2.75, 3.05) is 6.61 Å². The molecule has 56 valence electrons. The van der Waals surface area contributed by atoms with Crippen molar-refractivity contribution in [1.29, 1.82) is 0 Å². The number of halogens is 3. The summed E-state index contributed by atoms with van der Waals surface area (Å²) in [4.78, 5) is 0. The predicted octanol–water partition coefficient (Wildman–Crippen LogP) is 2.21. The number of hydrogen-bond donors (Lipinski definition) is 0. The second kappa shape index (κ2) is 12.2. The molecule has 0 N–H and O–H groups in total. The van der Waals surface area contributed by atoms with Crippen molar-refractivity contribution < 1.29 is 19.8 Å². The SMILES string of the molecule is CCCC[O-].[Cl][Ti+]([Cl])[Cl]. The van der Waals surface area contributed by atoms with Crippen LogP contribution in [0.25, 0.3) is 0 Å². The molecule has 0 amide bonds. The Morgan fingerprint density at radius 3 is 1.67 bits per heavy atom. The van der Waals surface area contributed by atoms with Gasteiger partial charge in [-0.2, -0.15) is 0 Å².